The van der Waals surface area contributed by atoms with Crippen LogP contribution in [0.3, 0.4) is 0 Å². The maximum Gasteiger partial charge on any atom is 0.253 e. The highest BCUT2D eigenvalue weighted by molar-refractivity contribution is 5.95. The van der Waals surface area contributed by atoms with Crippen LogP contribution in [-0.2, 0) is 0 Å². The minimum atomic E-state index is -0.200. The van der Waals surface area contributed by atoms with E-state index in [0.717, 1.165) is 17.4 Å². The summed E-state index contributed by atoms with van der Waals surface area (Å²) in [6, 6.07) is 24.4. The summed E-state index contributed by atoms with van der Waals surface area (Å²) in [5.74, 6) is 2.49. The molecule has 1 saturated heterocycles. The van der Waals surface area contributed by atoms with Gasteiger partial charge in [0.2, 0.25) is 0 Å². The molecular weight excluding hydrogens is 449 g/mol. The van der Waals surface area contributed by atoms with E-state index in [0.29, 0.717) is 49.7 Å². The molecule has 0 aromatic heterocycles. The maximum atomic E-state index is 14.2. The third-order valence-corrected chi connectivity index (χ3v) is 9.25. The smallest absolute Gasteiger partial charge is 0.253 e. The Kier molecular flexibility index (Phi) is 5.26. The summed E-state index contributed by atoms with van der Waals surface area (Å²) in [5, 5.41) is 3.88. The highest BCUT2D eigenvalue weighted by Crippen LogP contribution is 2.63. The van der Waals surface area contributed by atoms with Gasteiger partial charge in [-0.05, 0) is 84.4 Å². The lowest BCUT2D eigenvalue weighted by Gasteiger charge is -2.44. The van der Waals surface area contributed by atoms with Crippen molar-refractivity contribution in [1.29, 1.82) is 0 Å². The topological polar surface area (TPSA) is 35.6 Å². The van der Waals surface area contributed by atoms with Gasteiger partial charge < -0.3 is 15.1 Å². The van der Waals surface area contributed by atoms with Gasteiger partial charge in [0.15, 0.2) is 0 Å². The molecule has 3 aromatic carbocycles. The fourth-order valence-electron chi connectivity index (χ4n) is 7.65. The molecule has 2 saturated carbocycles. The van der Waals surface area contributed by atoms with Crippen molar-refractivity contribution in [3.63, 3.8) is 0 Å². The van der Waals surface area contributed by atoms with Crippen LogP contribution in [0, 0.1) is 23.6 Å². The van der Waals surface area contributed by atoms with Crippen molar-refractivity contribution in [1.82, 2.24) is 4.90 Å². The van der Waals surface area contributed by atoms with Crippen molar-refractivity contribution < 1.29 is 9.18 Å². The van der Waals surface area contributed by atoms with Gasteiger partial charge >= 0.3 is 0 Å². The lowest BCUT2D eigenvalue weighted by atomic mass is 9.68. The predicted molar refractivity (Wildman–Crippen MR) is 141 cm³/mol. The van der Waals surface area contributed by atoms with Gasteiger partial charge in [-0.25, -0.2) is 4.39 Å². The van der Waals surface area contributed by atoms with E-state index in [1.807, 2.05) is 28.0 Å². The number of hydrogen-bond donors (Lipinski definition) is 1. The van der Waals surface area contributed by atoms with Crippen LogP contribution >= 0.6 is 0 Å². The van der Waals surface area contributed by atoms with E-state index in [9.17, 15) is 9.18 Å². The number of para-hydroxylation sites is 1. The average molecular weight is 482 g/mol. The Morgan fingerprint density at radius 2 is 1.61 bits per heavy atom. The molecule has 3 fully saturated rings. The van der Waals surface area contributed by atoms with E-state index in [1.54, 1.807) is 6.07 Å². The van der Waals surface area contributed by atoms with Crippen LogP contribution in [0.4, 0.5) is 15.8 Å². The third kappa shape index (κ3) is 3.51. The summed E-state index contributed by atoms with van der Waals surface area (Å²) in [5.41, 5.74) is 5.32. The minimum Gasteiger partial charge on any atom is -0.378 e. The Morgan fingerprint density at radius 1 is 0.861 bits per heavy atom. The number of hydrogen-bond acceptors (Lipinski definition) is 3. The normalized spacial score (nSPS) is 28.4. The van der Waals surface area contributed by atoms with E-state index in [4.69, 9.17) is 0 Å². The quantitative estimate of drug-likeness (QED) is 0.492. The second-order valence-electron chi connectivity index (χ2n) is 11.0. The van der Waals surface area contributed by atoms with Crippen molar-refractivity contribution in [3.05, 3.63) is 95.3 Å². The standard InChI is InChI=1S/C31H32FN3O/c32-25-8-4-5-9-27(25)34-14-16-35(17-15-34)31(36)23-12-13-26-24(19-23)28-21-10-11-22(18-21)29(28)30(33-26)20-6-2-1-3-7-20/h1-9,12-13,19,21-22,28-30,33H,10-11,14-18H2/t21-,22-,28-,29+,30+/m0/s1. The zero-order chi connectivity index (χ0) is 24.2. The molecule has 3 aromatic rings. The molecule has 184 valence electrons. The summed E-state index contributed by atoms with van der Waals surface area (Å²) >= 11 is 0. The molecule has 1 N–H and O–H groups in total. The van der Waals surface area contributed by atoms with Crippen LogP contribution in [0.1, 0.15) is 52.7 Å². The molecule has 2 bridgehead atoms. The Balaban J connectivity index is 1.14. The first-order valence-corrected chi connectivity index (χ1v) is 13.4. The second kappa shape index (κ2) is 8.65. The molecule has 1 amide bonds. The highest BCUT2D eigenvalue weighted by atomic mass is 19.1. The summed E-state index contributed by atoms with van der Waals surface area (Å²) in [6.45, 7) is 2.50. The zero-order valence-electron chi connectivity index (χ0n) is 20.4. The van der Waals surface area contributed by atoms with E-state index in [2.05, 4.69) is 47.8 Å². The van der Waals surface area contributed by atoms with Gasteiger partial charge in [0.25, 0.3) is 5.91 Å². The van der Waals surface area contributed by atoms with Crippen molar-refractivity contribution in [2.45, 2.75) is 31.2 Å². The van der Waals surface area contributed by atoms with Crippen LogP contribution in [-0.4, -0.2) is 37.0 Å². The largest absolute Gasteiger partial charge is 0.378 e. The summed E-state index contributed by atoms with van der Waals surface area (Å²) in [4.78, 5) is 17.5. The fraction of sp³-hybridized carbons (Fsp3) is 0.387. The predicted octanol–water partition coefficient (Wildman–Crippen LogP) is 6.08. The first-order valence-electron chi connectivity index (χ1n) is 13.4. The monoisotopic (exact) mass is 481 g/mol. The van der Waals surface area contributed by atoms with E-state index >= 15 is 0 Å². The van der Waals surface area contributed by atoms with E-state index in [-0.39, 0.29) is 11.7 Å². The number of benzene rings is 3. The average Bonchev–Trinajstić information content (AvgIpc) is 3.56. The third-order valence-electron chi connectivity index (χ3n) is 9.25. The molecule has 4 nitrogen and oxygen atoms in total. The fourth-order valence-corrected chi connectivity index (χ4v) is 7.65. The van der Waals surface area contributed by atoms with Gasteiger partial charge in [0.1, 0.15) is 5.82 Å². The molecule has 2 aliphatic carbocycles. The van der Waals surface area contributed by atoms with Crippen molar-refractivity contribution in [3.8, 4) is 0 Å². The molecular formula is C31H32FN3O. The van der Waals surface area contributed by atoms with Crippen LogP contribution in [0.5, 0.6) is 0 Å². The lowest BCUT2D eigenvalue weighted by Crippen LogP contribution is -2.49. The molecule has 7 rings (SSSR count). The number of nitrogens with zero attached hydrogens (tertiary/aromatic N) is 2. The number of piperazine rings is 1. The number of anilines is 2. The molecule has 36 heavy (non-hydrogen) atoms. The molecule has 4 aliphatic rings. The number of carbonyl (C=O) groups is 1. The number of fused-ring (bicyclic) bond motifs is 7. The molecule has 0 spiro atoms. The van der Waals surface area contributed by atoms with Gasteiger partial charge in [-0.3, -0.25) is 4.79 Å². The highest BCUT2D eigenvalue weighted by Gasteiger charge is 2.53. The SMILES string of the molecule is O=C(c1ccc2c(c1)[C@@H]1[C@H]3CC[C@@H](C3)[C@H]1[C@@H](c1ccccc1)N2)N1CCN(c2ccccc2F)CC1. The van der Waals surface area contributed by atoms with Gasteiger partial charge in [-0.1, -0.05) is 42.5 Å². The molecule has 5 heteroatoms. The van der Waals surface area contributed by atoms with E-state index < -0.39 is 0 Å². The zero-order valence-corrected chi connectivity index (χ0v) is 20.4. The summed E-state index contributed by atoms with van der Waals surface area (Å²) in [7, 11) is 0. The van der Waals surface area contributed by atoms with Crippen molar-refractivity contribution >= 4 is 17.3 Å². The van der Waals surface area contributed by atoms with Crippen LogP contribution < -0.4 is 10.2 Å². The van der Waals surface area contributed by atoms with Gasteiger partial charge in [-0.2, -0.15) is 0 Å². The molecule has 0 unspecified atom stereocenters. The number of rotatable bonds is 3. The number of halogens is 1. The van der Waals surface area contributed by atoms with Crippen LogP contribution in [0.15, 0.2) is 72.8 Å². The van der Waals surface area contributed by atoms with Crippen LogP contribution in [0.2, 0.25) is 0 Å². The summed E-state index contributed by atoms with van der Waals surface area (Å²) < 4.78 is 14.2. The Morgan fingerprint density at radius 3 is 2.42 bits per heavy atom. The Labute approximate surface area is 212 Å². The first kappa shape index (κ1) is 21.9. The van der Waals surface area contributed by atoms with Gasteiger partial charge in [-0.15, -0.1) is 0 Å². The van der Waals surface area contributed by atoms with Crippen molar-refractivity contribution in [2.75, 3.05) is 36.4 Å². The second-order valence-corrected chi connectivity index (χ2v) is 11.0. The lowest BCUT2D eigenvalue weighted by molar-refractivity contribution is 0.0746. The first-order chi connectivity index (χ1) is 17.7. The molecule has 5 atom stereocenters. The van der Waals surface area contributed by atoms with Gasteiger partial charge in [0.05, 0.1) is 11.7 Å². The number of nitrogens with one attached hydrogen (secondary N) is 1. The number of carbonyl (C=O) groups excluding carboxylic acids is 1. The molecule has 2 heterocycles. The van der Waals surface area contributed by atoms with E-state index in [1.165, 1.54) is 42.1 Å². The Bertz CT molecular complexity index is 1290. The minimum absolute atomic E-state index is 0.0934. The maximum absolute atomic E-state index is 14.2. The molecule has 2 aliphatic heterocycles. The number of amides is 1. The van der Waals surface area contributed by atoms with Crippen LogP contribution in [0.25, 0.3) is 0 Å². The van der Waals surface area contributed by atoms with Crippen molar-refractivity contribution in [2.24, 2.45) is 17.8 Å². The molecule has 0 radical (unpaired) electrons. The van der Waals surface area contributed by atoms with Gasteiger partial charge in [0, 0.05) is 37.4 Å². The Hall–Kier alpha value is -3.34. The summed E-state index contributed by atoms with van der Waals surface area (Å²) in [6.07, 6.45) is 3.95.